The quantitative estimate of drug-likeness (QED) is 0.426. The van der Waals surface area contributed by atoms with Gasteiger partial charge in [0.1, 0.15) is 5.75 Å². The van der Waals surface area contributed by atoms with Gasteiger partial charge in [0.25, 0.3) is 0 Å². The third-order valence-corrected chi connectivity index (χ3v) is 6.32. The Hall–Kier alpha value is -2.18. The molecule has 3 aromatic rings. The first-order valence-electron chi connectivity index (χ1n) is 8.57. The first kappa shape index (κ1) is 17.6. The molecule has 0 radical (unpaired) electrons. The highest BCUT2D eigenvalue weighted by Gasteiger charge is 2.16. The van der Waals surface area contributed by atoms with Gasteiger partial charge < -0.3 is 4.74 Å². The van der Waals surface area contributed by atoms with Crippen molar-refractivity contribution in [2.45, 2.75) is 12.8 Å². The van der Waals surface area contributed by atoms with Crippen LogP contribution in [0.1, 0.15) is 12.8 Å². The Morgan fingerprint density at radius 2 is 1.28 bits per heavy atom. The van der Waals surface area contributed by atoms with E-state index in [4.69, 9.17) is 4.74 Å². The zero-order valence-corrected chi connectivity index (χ0v) is 15.0. The second kappa shape index (κ2) is 9.34. The molecule has 25 heavy (non-hydrogen) atoms. The largest absolute Gasteiger partial charge is 0.494 e. The third-order valence-electron chi connectivity index (χ3n) is 3.90. The summed E-state index contributed by atoms with van der Waals surface area (Å²) in [6, 6.07) is 29.5. The monoisotopic (exact) mass is 352 g/mol. The second-order valence-electron chi connectivity index (χ2n) is 5.75. The van der Waals surface area contributed by atoms with Crippen LogP contribution >= 0.6 is 7.92 Å². The van der Waals surface area contributed by atoms with Crippen LogP contribution in [0.3, 0.4) is 0 Å². The first-order chi connectivity index (χ1) is 12.4. The van der Waals surface area contributed by atoms with E-state index < -0.39 is 7.92 Å². The summed E-state index contributed by atoms with van der Waals surface area (Å²) in [6.45, 7) is 0.276. The predicted molar refractivity (Wildman–Crippen MR) is 106 cm³/mol. The molecule has 128 valence electrons. The molecule has 0 unspecified atom stereocenters. The van der Waals surface area contributed by atoms with Gasteiger partial charge in [-0.2, -0.15) is 0 Å². The second-order valence-corrected chi connectivity index (χ2v) is 7.97. The first-order valence-corrected chi connectivity index (χ1v) is 9.92. The van der Waals surface area contributed by atoms with Crippen LogP contribution < -0.4 is 20.7 Å². The molecular weight excluding hydrogens is 330 g/mol. The van der Waals surface area contributed by atoms with Crippen molar-refractivity contribution in [3.05, 3.63) is 84.9 Å². The lowest BCUT2D eigenvalue weighted by molar-refractivity contribution is 0.297. The lowest BCUT2D eigenvalue weighted by Gasteiger charge is -2.20. The van der Waals surface area contributed by atoms with Crippen LogP contribution in [0.4, 0.5) is 4.39 Å². The Balaban J connectivity index is 1.89. The lowest BCUT2D eigenvalue weighted by Crippen LogP contribution is -2.20. The van der Waals surface area contributed by atoms with E-state index in [2.05, 4.69) is 60.7 Å². The van der Waals surface area contributed by atoms with Crippen LogP contribution in [0.2, 0.25) is 0 Å². The van der Waals surface area contributed by atoms with Gasteiger partial charge in [-0.25, -0.2) is 0 Å². The summed E-state index contributed by atoms with van der Waals surface area (Å²) in [4.78, 5) is 0. The molecule has 0 atom stereocenters. The molecule has 0 aliphatic heterocycles. The molecule has 0 saturated heterocycles. The zero-order chi connectivity index (χ0) is 17.3. The summed E-state index contributed by atoms with van der Waals surface area (Å²) in [6.07, 6.45) is 1.30. The average Bonchev–Trinajstić information content (AvgIpc) is 2.68. The lowest BCUT2D eigenvalue weighted by atomic mass is 10.3. The Morgan fingerprint density at radius 1 is 0.680 bits per heavy atom. The van der Waals surface area contributed by atoms with Gasteiger partial charge in [0.15, 0.2) is 0 Å². The van der Waals surface area contributed by atoms with E-state index in [-0.39, 0.29) is 6.67 Å². The van der Waals surface area contributed by atoms with E-state index in [1.807, 2.05) is 24.3 Å². The van der Waals surface area contributed by atoms with Crippen LogP contribution in [0.25, 0.3) is 0 Å². The van der Waals surface area contributed by atoms with Gasteiger partial charge in [-0.05, 0) is 48.8 Å². The van der Waals surface area contributed by atoms with Crippen LogP contribution in [-0.4, -0.2) is 13.3 Å². The minimum atomic E-state index is -0.624. The summed E-state index contributed by atoms with van der Waals surface area (Å²) in [5.41, 5.74) is 0. The van der Waals surface area contributed by atoms with Gasteiger partial charge >= 0.3 is 0 Å². The van der Waals surface area contributed by atoms with Crippen LogP contribution in [0.15, 0.2) is 84.9 Å². The number of ether oxygens (including phenoxy) is 1. The third kappa shape index (κ3) is 4.90. The van der Waals surface area contributed by atoms with Gasteiger partial charge in [-0.3, -0.25) is 4.39 Å². The van der Waals surface area contributed by atoms with Crippen molar-refractivity contribution < 1.29 is 9.13 Å². The van der Waals surface area contributed by atoms with Crippen molar-refractivity contribution in [2.24, 2.45) is 0 Å². The molecule has 0 bridgehead atoms. The van der Waals surface area contributed by atoms with Crippen LogP contribution in [-0.2, 0) is 0 Å². The van der Waals surface area contributed by atoms with E-state index in [9.17, 15) is 4.39 Å². The molecule has 3 heteroatoms. The number of alkyl halides is 1. The number of halogens is 1. The maximum absolute atomic E-state index is 12.2. The van der Waals surface area contributed by atoms with Gasteiger partial charge in [-0.15, -0.1) is 0 Å². The smallest absolute Gasteiger partial charge is 0.119 e. The van der Waals surface area contributed by atoms with E-state index >= 15 is 0 Å². The highest BCUT2D eigenvalue weighted by atomic mass is 31.1. The maximum atomic E-state index is 12.2. The highest BCUT2D eigenvalue weighted by Crippen LogP contribution is 2.33. The Labute approximate surface area is 150 Å². The fourth-order valence-electron chi connectivity index (χ4n) is 2.70. The average molecular weight is 352 g/mol. The number of benzene rings is 3. The molecule has 0 aromatic heterocycles. The zero-order valence-electron chi connectivity index (χ0n) is 14.1. The van der Waals surface area contributed by atoms with Crippen molar-refractivity contribution in [1.29, 1.82) is 0 Å². The topological polar surface area (TPSA) is 9.23 Å². The normalized spacial score (nSPS) is 10.8. The molecular formula is C22H22FOP. The van der Waals surface area contributed by atoms with E-state index in [0.717, 1.165) is 12.2 Å². The number of hydrogen-bond donors (Lipinski definition) is 0. The number of hydrogen-bond acceptors (Lipinski definition) is 1. The fourth-order valence-corrected chi connectivity index (χ4v) is 5.03. The fraction of sp³-hybridized carbons (Fsp3) is 0.182. The molecule has 0 spiro atoms. The van der Waals surface area contributed by atoms with Gasteiger partial charge in [0, 0.05) is 0 Å². The summed E-state index contributed by atoms with van der Waals surface area (Å²) in [5, 5.41) is 3.90. The molecule has 0 aliphatic carbocycles. The van der Waals surface area contributed by atoms with Crippen LogP contribution in [0, 0.1) is 0 Å². The van der Waals surface area contributed by atoms with Gasteiger partial charge in [-0.1, -0.05) is 72.8 Å². The Bertz CT molecular complexity index is 722. The molecule has 0 fully saturated rings. The van der Waals surface area contributed by atoms with Crippen molar-refractivity contribution >= 4 is 23.8 Å². The summed E-state index contributed by atoms with van der Waals surface area (Å²) >= 11 is 0. The molecule has 0 saturated carbocycles. The van der Waals surface area contributed by atoms with Gasteiger partial charge in [0.2, 0.25) is 0 Å². The number of unbranched alkanes of at least 4 members (excludes halogenated alkanes) is 1. The molecule has 0 N–H and O–H groups in total. The van der Waals surface area contributed by atoms with Gasteiger partial charge in [0.05, 0.1) is 13.3 Å². The van der Waals surface area contributed by atoms with E-state index in [1.54, 1.807) is 0 Å². The minimum Gasteiger partial charge on any atom is -0.494 e. The maximum Gasteiger partial charge on any atom is 0.119 e. The van der Waals surface area contributed by atoms with Crippen molar-refractivity contribution in [3.63, 3.8) is 0 Å². The highest BCUT2D eigenvalue weighted by molar-refractivity contribution is 7.79. The molecule has 0 aliphatic rings. The Kier molecular flexibility index (Phi) is 6.59. The number of rotatable bonds is 8. The van der Waals surface area contributed by atoms with E-state index in [1.165, 1.54) is 15.9 Å². The van der Waals surface area contributed by atoms with E-state index in [0.29, 0.717) is 13.0 Å². The SMILES string of the molecule is FCCCCOc1cccc(P(c2ccccc2)c2ccccc2)c1. The van der Waals surface area contributed by atoms with Crippen molar-refractivity contribution in [2.75, 3.05) is 13.3 Å². The molecule has 3 rings (SSSR count). The summed E-state index contributed by atoms with van der Waals surface area (Å²) in [7, 11) is -0.624. The standard InChI is InChI=1S/C22H22FOP/c23-16-7-8-17-24-19-10-9-15-22(18-19)25(20-11-3-1-4-12-20)21-13-5-2-6-14-21/h1-6,9-15,18H,7-8,16-17H2. The Morgan fingerprint density at radius 3 is 1.88 bits per heavy atom. The van der Waals surface area contributed by atoms with Crippen molar-refractivity contribution in [1.82, 2.24) is 0 Å². The molecule has 3 aromatic carbocycles. The molecule has 0 heterocycles. The summed E-state index contributed by atoms with van der Waals surface area (Å²) < 4.78 is 18.0. The van der Waals surface area contributed by atoms with Crippen LogP contribution in [0.5, 0.6) is 5.75 Å². The molecule has 1 nitrogen and oxygen atoms in total. The molecule has 0 amide bonds. The predicted octanol–water partition coefficient (Wildman–Crippen LogP) is 4.57. The van der Waals surface area contributed by atoms with Crippen molar-refractivity contribution in [3.8, 4) is 5.75 Å². The summed E-state index contributed by atoms with van der Waals surface area (Å²) in [5.74, 6) is 0.857. The minimum absolute atomic E-state index is 0.281.